The number of carbonyl (C=O) groups is 5. The number of ether oxygens (including phenoxy) is 1. The molecule has 78 heavy (non-hydrogen) atoms. The third-order valence-electron chi connectivity index (χ3n) is 13.4. The van der Waals surface area contributed by atoms with Gasteiger partial charge >= 0.3 is 13.2 Å². The van der Waals surface area contributed by atoms with E-state index in [1.54, 1.807) is 62.4 Å². The monoisotopic (exact) mass is 1130 g/mol. The standard InChI is InChI=1S/C23H28FN3O2.C20H23BrN2O3.C17H23BFNO3/c1-13-18(9-15(10-19(13)24)22(29)27-16-6-7-16)17-8-5-14(11-20(17)25)21(28)26-12-23(2,3)4;1-20(2,3)13-22-18(24)15-9-10-16(21)17(11-15)23-19(25)26-12-14-7-5-4-6-8-14;1-10-13(18-22-16(2,3)17(4,5)23-18)8-11(9-14(10)19)15(21)20-12-6-7-12/h5,8-11,16H,6-7,12,25H2,1-4H3,(H,26,28)(H,27,29);4-11H,12-13H2,1-3H3,(H,22,24)(H,23,25);8-9,12H,6-7H2,1-5H3,(H,20,21). The number of benzene rings is 5. The highest BCUT2D eigenvalue weighted by Gasteiger charge is 2.52. The molecule has 3 aliphatic rings. The van der Waals surface area contributed by atoms with Gasteiger partial charge in [0.25, 0.3) is 23.6 Å². The number of rotatable bonds is 13. The second kappa shape index (κ2) is 25.0. The van der Waals surface area contributed by atoms with Crippen LogP contribution in [0.1, 0.15) is 153 Å². The van der Waals surface area contributed by atoms with Crippen LogP contribution < -0.4 is 37.8 Å². The summed E-state index contributed by atoms with van der Waals surface area (Å²) in [5.41, 5.74) is 10.9. The fraction of sp³-hybridized carbons (Fsp3) is 0.417. The van der Waals surface area contributed by atoms with Crippen molar-refractivity contribution >= 4 is 69.6 Å². The molecular formula is C60H74BBrF2N6O8. The smallest absolute Gasteiger partial charge is 0.444 e. The van der Waals surface area contributed by atoms with Gasteiger partial charge in [0.05, 0.1) is 16.9 Å². The van der Waals surface area contributed by atoms with Crippen LogP contribution in [0.2, 0.25) is 0 Å². The molecule has 2 aliphatic carbocycles. The summed E-state index contributed by atoms with van der Waals surface area (Å²) >= 11 is 3.37. The molecule has 5 aromatic carbocycles. The van der Waals surface area contributed by atoms with Crippen LogP contribution in [-0.4, -0.2) is 73.2 Å². The van der Waals surface area contributed by atoms with Gasteiger partial charge < -0.3 is 41.0 Å². The molecule has 0 radical (unpaired) electrons. The fourth-order valence-electron chi connectivity index (χ4n) is 7.60. The Balaban J connectivity index is 0.000000190. The Bertz CT molecular complexity index is 3010. The minimum atomic E-state index is -0.678. The summed E-state index contributed by atoms with van der Waals surface area (Å²) in [5.74, 6) is -1.81. The number of nitrogens with two attached hydrogens (primary N) is 1. The number of carbonyl (C=O) groups excluding carboxylic acids is 5. The van der Waals surface area contributed by atoms with Crippen LogP contribution in [0.5, 0.6) is 0 Å². The van der Waals surface area contributed by atoms with E-state index in [9.17, 15) is 32.8 Å². The third-order valence-corrected chi connectivity index (χ3v) is 14.1. The largest absolute Gasteiger partial charge is 0.495 e. The minimum Gasteiger partial charge on any atom is -0.444 e. The molecule has 18 heteroatoms. The lowest BCUT2D eigenvalue weighted by atomic mass is 9.75. The van der Waals surface area contributed by atoms with Gasteiger partial charge in [-0.15, -0.1) is 0 Å². The summed E-state index contributed by atoms with van der Waals surface area (Å²) in [6.45, 7) is 24.6. The quantitative estimate of drug-likeness (QED) is 0.0490. The van der Waals surface area contributed by atoms with Crippen LogP contribution in [0.25, 0.3) is 11.1 Å². The first kappa shape index (κ1) is 60.6. The summed E-state index contributed by atoms with van der Waals surface area (Å²) in [7, 11) is -0.678. The Labute approximate surface area is 466 Å². The molecule has 8 rings (SSSR count). The summed E-state index contributed by atoms with van der Waals surface area (Å²) in [6, 6.07) is 25.7. The SMILES string of the molecule is CC(C)(C)CNC(=O)c1ccc(Br)c(NC(=O)OCc2ccccc2)c1.Cc1c(F)cc(C(=O)NC2CC2)cc1-c1ccc(C(=O)NCC(C)(C)C)cc1N.Cc1c(F)cc(C(=O)NC2CC2)cc1B1OC(C)(C)C(C)(C)O1. The average Bonchev–Trinajstić information content (AvgIpc) is 4.41. The summed E-state index contributed by atoms with van der Waals surface area (Å²) < 4.78 is 46.7. The van der Waals surface area contributed by atoms with Crippen LogP contribution >= 0.6 is 15.9 Å². The van der Waals surface area contributed by atoms with Crippen molar-refractivity contribution < 1.29 is 46.8 Å². The Morgan fingerprint density at radius 3 is 1.63 bits per heavy atom. The maximum Gasteiger partial charge on any atom is 0.495 e. The summed E-state index contributed by atoms with van der Waals surface area (Å²) in [4.78, 5) is 61.3. The molecule has 1 heterocycles. The molecule has 1 saturated heterocycles. The van der Waals surface area contributed by atoms with Gasteiger partial charge in [0.2, 0.25) is 0 Å². The number of nitrogen functional groups attached to an aromatic ring is 1. The summed E-state index contributed by atoms with van der Waals surface area (Å²) in [5, 5.41) is 14.2. The molecule has 0 spiro atoms. The molecule has 5 amide bonds. The minimum absolute atomic E-state index is 0.00660. The van der Waals surface area contributed by atoms with Gasteiger partial charge in [-0.25, -0.2) is 13.6 Å². The zero-order valence-electron chi connectivity index (χ0n) is 46.8. The zero-order chi connectivity index (χ0) is 57.5. The lowest BCUT2D eigenvalue weighted by Crippen LogP contribution is -2.41. The lowest BCUT2D eigenvalue weighted by Gasteiger charge is -2.32. The molecule has 0 bridgehead atoms. The van der Waals surface area contributed by atoms with Crippen molar-refractivity contribution in [2.75, 3.05) is 24.1 Å². The normalized spacial score (nSPS) is 15.3. The van der Waals surface area contributed by atoms with E-state index in [1.807, 2.05) is 99.6 Å². The predicted octanol–water partition coefficient (Wildman–Crippen LogP) is 11.4. The van der Waals surface area contributed by atoms with Gasteiger partial charge in [-0.1, -0.05) is 77.9 Å². The molecule has 14 nitrogen and oxygen atoms in total. The second-order valence-electron chi connectivity index (χ2n) is 23.6. The van der Waals surface area contributed by atoms with Crippen LogP contribution in [0.4, 0.5) is 25.0 Å². The predicted molar refractivity (Wildman–Crippen MR) is 307 cm³/mol. The van der Waals surface area contributed by atoms with E-state index in [0.717, 1.165) is 31.2 Å². The Kier molecular flexibility index (Phi) is 19.4. The first-order valence-corrected chi connectivity index (χ1v) is 27.0. The van der Waals surface area contributed by atoms with Crippen molar-refractivity contribution in [3.8, 4) is 11.1 Å². The molecule has 416 valence electrons. The van der Waals surface area contributed by atoms with E-state index in [0.29, 0.717) is 73.3 Å². The number of amides is 5. The second-order valence-corrected chi connectivity index (χ2v) is 24.4. The third kappa shape index (κ3) is 17.2. The molecular weight excluding hydrogens is 1060 g/mol. The fourth-order valence-corrected chi connectivity index (χ4v) is 7.95. The highest BCUT2D eigenvalue weighted by molar-refractivity contribution is 9.10. The molecule has 0 aromatic heterocycles. The lowest BCUT2D eigenvalue weighted by molar-refractivity contribution is 0.00578. The Morgan fingerprint density at radius 1 is 0.641 bits per heavy atom. The van der Waals surface area contributed by atoms with Crippen LogP contribution in [0, 0.1) is 36.3 Å². The van der Waals surface area contributed by atoms with Crippen molar-refractivity contribution in [2.24, 2.45) is 10.8 Å². The van der Waals surface area contributed by atoms with Gasteiger partial charge in [-0.05, 0) is 176 Å². The van der Waals surface area contributed by atoms with Gasteiger partial charge in [-0.3, -0.25) is 24.5 Å². The first-order valence-electron chi connectivity index (χ1n) is 26.2. The van der Waals surface area contributed by atoms with Gasteiger partial charge in [0, 0.05) is 63.2 Å². The van der Waals surface area contributed by atoms with Crippen molar-refractivity contribution in [2.45, 2.75) is 139 Å². The number of nitrogens with one attached hydrogen (secondary N) is 5. The van der Waals surface area contributed by atoms with Crippen molar-refractivity contribution in [3.05, 3.63) is 146 Å². The maximum absolute atomic E-state index is 14.5. The van der Waals surface area contributed by atoms with Crippen molar-refractivity contribution in [1.29, 1.82) is 0 Å². The van der Waals surface area contributed by atoms with Crippen LogP contribution in [0.3, 0.4) is 0 Å². The van der Waals surface area contributed by atoms with E-state index in [-0.39, 0.29) is 58.7 Å². The number of anilines is 2. The summed E-state index contributed by atoms with van der Waals surface area (Å²) in [6.07, 6.45) is 3.31. The van der Waals surface area contributed by atoms with E-state index in [4.69, 9.17) is 19.8 Å². The van der Waals surface area contributed by atoms with Gasteiger partial charge in [0.1, 0.15) is 18.2 Å². The highest BCUT2D eigenvalue weighted by Crippen LogP contribution is 2.37. The molecule has 0 atom stereocenters. The molecule has 7 N–H and O–H groups in total. The topological polar surface area (TPSA) is 199 Å². The van der Waals surface area contributed by atoms with Gasteiger partial charge in [-0.2, -0.15) is 0 Å². The molecule has 5 aromatic rings. The van der Waals surface area contributed by atoms with Gasteiger partial charge in [0.15, 0.2) is 0 Å². The van der Waals surface area contributed by atoms with E-state index in [2.05, 4.69) is 42.5 Å². The average molecular weight is 1140 g/mol. The highest BCUT2D eigenvalue weighted by atomic mass is 79.9. The van der Waals surface area contributed by atoms with E-state index >= 15 is 0 Å². The molecule has 0 unspecified atom stereocenters. The Morgan fingerprint density at radius 2 is 1.13 bits per heavy atom. The zero-order valence-corrected chi connectivity index (χ0v) is 48.4. The van der Waals surface area contributed by atoms with Crippen LogP contribution in [0.15, 0.2) is 95.5 Å². The van der Waals surface area contributed by atoms with E-state index in [1.165, 1.54) is 12.1 Å². The van der Waals surface area contributed by atoms with Crippen molar-refractivity contribution in [1.82, 2.24) is 21.3 Å². The van der Waals surface area contributed by atoms with E-state index < -0.39 is 36.0 Å². The van der Waals surface area contributed by atoms with Crippen LogP contribution in [-0.2, 0) is 20.7 Å². The van der Waals surface area contributed by atoms with Crippen molar-refractivity contribution in [3.63, 3.8) is 0 Å². The number of hydrogen-bond acceptors (Lipinski definition) is 9. The molecule has 2 saturated carbocycles. The number of halogens is 3. The first-order chi connectivity index (χ1) is 36.4. The molecule has 3 fully saturated rings. The number of hydrogen-bond donors (Lipinski definition) is 6. The molecule has 1 aliphatic heterocycles. The maximum atomic E-state index is 14.5. The Hall–Kier alpha value is -6.63.